The van der Waals surface area contributed by atoms with Crippen LogP contribution in [0.3, 0.4) is 0 Å². The summed E-state index contributed by atoms with van der Waals surface area (Å²) < 4.78 is 4.00. The Labute approximate surface area is 170 Å². The topological polar surface area (TPSA) is 52.9 Å². The van der Waals surface area contributed by atoms with Gasteiger partial charge in [0.1, 0.15) is 5.65 Å². The summed E-state index contributed by atoms with van der Waals surface area (Å²) in [6.45, 7) is 5.74. The summed E-state index contributed by atoms with van der Waals surface area (Å²) in [5, 5.41) is 4.18. The van der Waals surface area contributed by atoms with Crippen molar-refractivity contribution in [3.05, 3.63) is 66.0 Å². The number of benzene rings is 1. The Morgan fingerprint density at radius 1 is 1.29 bits per heavy atom. The van der Waals surface area contributed by atoms with E-state index in [2.05, 4.69) is 29.0 Å². The van der Waals surface area contributed by atoms with Gasteiger partial charge in [0.15, 0.2) is 0 Å². The molecule has 0 unspecified atom stereocenters. The number of hydrogen-bond acceptors (Lipinski definition) is 5. The highest BCUT2D eigenvalue weighted by molar-refractivity contribution is 8.00. The van der Waals surface area contributed by atoms with Crippen molar-refractivity contribution in [3.8, 4) is 11.3 Å². The van der Waals surface area contributed by atoms with Crippen molar-refractivity contribution < 1.29 is 6.22 Å². The van der Waals surface area contributed by atoms with E-state index in [0.717, 1.165) is 47.1 Å². The molecule has 0 atom stereocenters. The number of likely N-dealkylation sites (tertiary alicyclic amines) is 1. The first kappa shape index (κ1) is 18.6. The summed E-state index contributed by atoms with van der Waals surface area (Å²) in [5.74, 6) is 0.0846. The lowest BCUT2D eigenvalue weighted by Crippen LogP contribution is -2.42. The van der Waals surface area contributed by atoms with Gasteiger partial charge >= 0.3 is 0 Å². The molecule has 28 heavy (non-hydrogen) atoms. The second-order valence-electron chi connectivity index (χ2n) is 6.97. The number of carbonyl (C=O) groups excluding carboxylic acids is 1. The van der Waals surface area contributed by atoms with Gasteiger partial charge in [-0.3, -0.25) is 13.5 Å². The quantitative estimate of drug-likeness (QED) is 0.635. The van der Waals surface area contributed by atoms with Gasteiger partial charge in [-0.15, -0.1) is 0 Å². The van der Waals surface area contributed by atoms with E-state index in [1.807, 2.05) is 64.4 Å². The average Bonchev–Trinajstić information content (AvgIpc) is 3.02. The van der Waals surface area contributed by atoms with Crippen LogP contribution in [0.4, 0.5) is 5.69 Å². The minimum Gasteiger partial charge on any atom is -0.350 e. The maximum atomic E-state index is 12.4. The summed E-state index contributed by atoms with van der Waals surface area (Å²) >= 11 is 1.54. The molecule has 1 aliphatic rings. The predicted molar refractivity (Wildman–Crippen MR) is 117 cm³/mol. The molecule has 3 aromatic rings. The van der Waals surface area contributed by atoms with Crippen molar-refractivity contribution in [2.45, 2.75) is 6.42 Å². The standard InChI is InChI=1S/C21H23N5OS.H2/c1-15(28-24(2)3)23-18-7-4-6-16(12-18)19-14-22-20-13-17(8-11-26(19)20)21(27)25-9-5-10-25;/h4,6-8,11-14,23H,1,5,9-10H2,2-3H3;1H. The minimum absolute atomic E-state index is 0. The highest BCUT2D eigenvalue weighted by Gasteiger charge is 2.22. The molecule has 4 rings (SSSR count). The van der Waals surface area contributed by atoms with Gasteiger partial charge < -0.3 is 10.2 Å². The summed E-state index contributed by atoms with van der Waals surface area (Å²) in [7, 11) is 3.96. The Balaban J connectivity index is 0.00000240. The fourth-order valence-electron chi connectivity index (χ4n) is 3.19. The molecule has 1 N–H and O–H groups in total. The van der Waals surface area contributed by atoms with Crippen molar-refractivity contribution in [3.63, 3.8) is 0 Å². The third-order valence-corrected chi connectivity index (χ3v) is 5.33. The fourth-order valence-corrected chi connectivity index (χ4v) is 3.79. The highest BCUT2D eigenvalue weighted by Crippen LogP contribution is 2.26. The summed E-state index contributed by atoms with van der Waals surface area (Å²) in [6.07, 6.45) is 4.85. The molecule has 1 fully saturated rings. The molecule has 0 radical (unpaired) electrons. The largest absolute Gasteiger partial charge is 0.350 e. The summed E-state index contributed by atoms with van der Waals surface area (Å²) in [5.41, 5.74) is 4.45. The zero-order valence-electron chi connectivity index (χ0n) is 16.1. The van der Waals surface area contributed by atoms with Crippen molar-refractivity contribution in [1.82, 2.24) is 18.6 Å². The van der Waals surface area contributed by atoms with E-state index >= 15 is 0 Å². The van der Waals surface area contributed by atoms with Gasteiger partial charge in [0.05, 0.1) is 16.9 Å². The number of anilines is 1. The lowest BCUT2D eigenvalue weighted by molar-refractivity contribution is 0.0652. The number of imidazole rings is 1. The van der Waals surface area contributed by atoms with Crippen LogP contribution in [0.25, 0.3) is 16.9 Å². The van der Waals surface area contributed by atoms with Crippen LogP contribution in [0.5, 0.6) is 0 Å². The number of nitrogens with one attached hydrogen (secondary N) is 1. The van der Waals surface area contributed by atoms with E-state index in [1.165, 1.54) is 0 Å². The van der Waals surface area contributed by atoms with E-state index in [1.54, 1.807) is 11.9 Å². The van der Waals surface area contributed by atoms with Crippen molar-refractivity contribution in [1.29, 1.82) is 0 Å². The van der Waals surface area contributed by atoms with E-state index in [-0.39, 0.29) is 7.33 Å². The highest BCUT2D eigenvalue weighted by atomic mass is 32.2. The molecule has 1 aromatic carbocycles. The number of fused-ring (bicyclic) bond motifs is 1. The molecule has 6 nitrogen and oxygen atoms in total. The van der Waals surface area contributed by atoms with Crippen LogP contribution in [-0.2, 0) is 0 Å². The molecular formula is C21H25N5OS. The normalized spacial score (nSPS) is 13.6. The molecule has 1 amide bonds. The third kappa shape index (κ3) is 3.76. The first-order chi connectivity index (χ1) is 13.5. The van der Waals surface area contributed by atoms with Gasteiger partial charge in [-0.1, -0.05) is 18.7 Å². The van der Waals surface area contributed by atoms with Crippen LogP contribution in [0.1, 0.15) is 18.2 Å². The molecule has 0 bridgehead atoms. The molecule has 7 heteroatoms. The van der Waals surface area contributed by atoms with Gasteiger partial charge in [-0.2, -0.15) is 0 Å². The average molecular weight is 396 g/mol. The fraction of sp³-hybridized carbons (Fsp3) is 0.238. The summed E-state index contributed by atoms with van der Waals surface area (Å²) in [4.78, 5) is 18.8. The first-order valence-corrected chi connectivity index (χ1v) is 9.96. The lowest BCUT2D eigenvalue weighted by atomic mass is 10.1. The van der Waals surface area contributed by atoms with Crippen molar-refractivity contribution >= 4 is 29.2 Å². The van der Waals surface area contributed by atoms with Crippen LogP contribution in [0.15, 0.2) is 60.4 Å². The van der Waals surface area contributed by atoms with Gasteiger partial charge in [0, 0.05) is 37.5 Å². The van der Waals surface area contributed by atoms with Crippen LogP contribution in [-0.4, -0.2) is 51.7 Å². The van der Waals surface area contributed by atoms with Crippen LogP contribution >= 0.6 is 11.9 Å². The molecule has 2 aromatic heterocycles. The van der Waals surface area contributed by atoms with Crippen LogP contribution < -0.4 is 5.32 Å². The number of aromatic nitrogens is 2. The SMILES string of the molecule is C=C(Nc1cccc(-c2cnc3cc(C(=O)N4CCC4)ccn23)c1)SN(C)C.[HH]. The zero-order chi connectivity index (χ0) is 19.7. The number of amides is 1. The van der Waals surface area contributed by atoms with Crippen molar-refractivity contribution in [2.75, 3.05) is 32.5 Å². The third-order valence-electron chi connectivity index (χ3n) is 4.64. The monoisotopic (exact) mass is 395 g/mol. The van der Waals surface area contributed by atoms with E-state index in [0.29, 0.717) is 5.56 Å². The second-order valence-corrected chi connectivity index (χ2v) is 8.37. The Hall–Kier alpha value is -2.77. The molecule has 3 heterocycles. The Morgan fingerprint density at radius 2 is 2.11 bits per heavy atom. The number of carbonyl (C=O) groups is 1. The summed E-state index contributed by atoms with van der Waals surface area (Å²) in [6, 6.07) is 11.9. The van der Waals surface area contributed by atoms with E-state index < -0.39 is 0 Å². The molecule has 146 valence electrons. The molecular weight excluding hydrogens is 370 g/mol. The number of hydrogen-bond donors (Lipinski definition) is 1. The van der Waals surface area contributed by atoms with Gasteiger partial charge in [-0.25, -0.2) is 4.98 Å². The maximum Gasteiger partial charge on any atom is 0.254 e. The first-order valence-electron chi connectivity index (χ1n) is 9.19. The number of pyridine rings is 1. The molecule has 1 aliphatic heterocycles. The molecule has 0 saturated carbocycles. The Bertz CT molecular complexity index is 1040. The van der Waals surface area contributed by atoms with Crippen LogP contribution in [0.2, 0.25) is 0 Å². The molecule has 0 aliphatic carbocycles. The Kier molecular flexibility index (Phi) is 5.11. The number of nitrogens with zero attached hydrogens (tertiary/aromatic N) is 4. The zero-order valence-corrected chi connectivity index (χ0v) is 16.9. The molecule has 1 saturated heterocycles. The second kappa shape index (κ2) is 7.69. The van der Waals surface area contributed by atoms with Crippen LogP contribution in [0, 0.1) is 0 Å². The lowest BCUT2D eigenvalue weighted by Gasteiger charge is -2.30. The van der Waals surface area contributed by atoms with Gasteiger partial charge in [-0.05, 0) is 56.7 Å². The minimum atomic E-state index is 0. The Morgan fingerprint density at radius 3 is 2.82 bits per heavy atom. The number of rotatable bonds is 6. The van der Waals surface area contributed by atoms with Gasteiger partial charge in [0.2, 0.25) is 0 Å². The van der Waals surface area contributed by atoms with Gasteiger partial charge in [0.25, 0.3) is 5.91 Å². The van der Waals surface area contributed by atoms with Crippen molar-refractivity contribution in [2.24, 2.45) is 0 Å². The van der Waals surface area contributed by atoms with E-state index in [4.69, 9.17) is 0 Å². The van der Waals surface area contributed by atoms with E-state index in [9.17, 15) is 4.79 Å². The molecule has 0 spiro atoms. The maximum absolute atomic E-state index is 12.4. The predicted octanol–water partition coefficient (Wildman–Crippen LogP) is 4.19. The smallest absolute Gasteiger partial charge is 0.254 e.